The number of halogens is 1. The largest absolute Gasteiger partial charge is 0.360 e. The lowest BCUT2D eigenvalue weighted by Gasteiger charge is -2.00. The fourth-order valence-corrected chi connectivity index (χ4v) is 2.31. The lowest BCUT2D eigenvalue weighted by molar-refractivity contribution is 0.104. The Bertz CT molecular complexity index is 756. The van der Waals surface area contributed by atoms with Gasteiger partial charge in [-0.1, -0.05) is 23.7 Å². The van der Waals surface area contributed by atoms with E-state index in [0.29, 0.717) is 16.1 Å². The molecule has 0 bridgehead atoms. The summed E-state index contributed by atoms with van der Waals surface area (Å²) >= 11 is 5.84. The predicted octanol–water partition coefficient (Wildman–Crippen LogP) is 4.36. The van der Waals surface area contributed by atoms with E-state index in [2.05, 4.69) is 4.98 Å². The van der Waals surface area contributed by atoms with Crippen molar-refractivity contribution < 1.29 is 4.79 Å². The van der Waals surface area contributed by atoms with Crippen LogP contribution in [0.2, 0.25) is 5.02 Å². The van der Waals surface area contributed by atoms with Crippen LogP contribution in [-0.2, 0) is 0 Å². The van der Waals surface area contributed by atoms with Gasteiger partial charge in [-0.3, -0.25) is 4.79 Å². The molecule has 0 fully saturated rings. The molecule has 1 heterocycles. The Morgan fingerprint density at radius 2 is 1.84 bits per heavy atom. The highest BCUT2D eigenvalue weighted by molar-refractivity contribution is 6.30. The monoisotopic (exact) mass is 269 g/mol. The van der Waals surface area contributed by atoms with Crippen molar-refractivity contribution in [1.29, 1.82) is 0 Å². The van der Waals surface area contributed by atoms with Crippen LogP contribution in [0.3, 0.4) is 0 Å². The van der Waals surface area contributed by atoms with Crippen LogP contribution in [-0.4, -0.2) is 10.8 Å². The molecule has 0 aliphatic rings. The zero-order chi connectivity index (χ0) is 13.4. The third-order valence-electron chi connectivity index (χ3n) is 3.19. The Hall–Kier alpha value is -2.06. The first-order valence-corrected chi connectivity index (χ1v) is 6.41. The Kier molecular flexibility index (Phi) is 2.88. The molecule has 0 spiro atoms. The van der Waals surface area contributed by atoms with E-state index in [-0.39, 0.29) is 5.78 Å². The predicted molar refractivity (Wildman–Crippen MR) is 77.9 cm³/mol. The summed E-state index contributed by atoms with van der Waals surface area (Å²) in [4.78, 5) is 15.6. The first kappa shape index (κ1) is 12.0. The molecule has 0 saturated heterocycles. The summed E-state index contributed by atoms with van der Waals surface area (Å²) < 4.78 is 0. The first-order valence-electron chi connectivity index (χ1n) is 6.03. The molecule has 94 valence electrons. The van der Waals surface area contributed by atoms with Crippen LogP contribution < -0.4 is 0 Å². The van der Waals surface area contributed by atoms with Crippen LogP contribution in [0.4, 0.5) is 0 Å². The van der Waals surface area contributed by atoms with Crippen molar-refractivity contribution in [2.75, 3.05) is 0 Å². The second-order valence-electron chi connectivity index (χ2n) is 4.59. The van der Waals surface area contributed by atoms with Gasteiger partial charge in [-0.15, -0.1) is 0 Å². The first-order chi connectivity index (χ1) is 9.15. The SMILES string of the molecule is Cc1ccc2c(C(=O)c3ccc(Cl)cc3)c[nH]c2c1. The topological polar surface area (TPSA) is 32.9 Å². The van der Waals surface area contributed by atoms with Gasteiger partial charge in [-0.25, -0.2) is 0 Å². The molecule has 0 aliphatic carbocycles. The van der Waals surface area contributed by atoms with Gasteiger partial charge in [0.05, 0.1) is 0 Å². The smallest absolute Gasteiger partial charge is 0.195 e. The second kappa shape index (κ2) is 4.56. The van der Waals surface area contributed by atoms with Crippen molar-refractivity contribution in [3.8, 4) is 0 Å². The van der Waals surface area contributed by atoms with E-state index in [9.17, 15) is 4.79 Å². The van der Waals surface area contributed by atoms with Crippen molar-refractivity contribution in [2.45, 2.75) is 6.92 Å². The average molecular weight is 270 g/mol. The third-order valence-corrected chi connectivity index (χ3v) is 3.44. The standard InChI is InChI=1S/C16H12ClNO/c1-10-2-7-13-14(9-18-15(13)8-10)16(19)11-3-5-12(17)6-4-11/h2-9,18H,1H3. The number of nitrogens with one attached hydrogen (secondary N) is 1. The number of aryl methyl sites for hydroxylation is 1. The molecule has 19 heavy (non-hydrogen) atoms. The van der Waals surface area contributed by atoms with E-state index in [4.69, 9.17) is 11.6 Å². The molecule has 2 nitrogen and oxygen atoms in total. The number of hydrogen-bond donors (Lipinski definition) is 1. The van der Waals surface area contributed by atoms with Gasteiger partial charge >= 0.3 is 0 Å². The summed E-state index contributed by atoms with van der Waals surface area (Å²) in [5.41, 5.74) is 3.49. The molecule has 0 amide bonds. The summed E-state index contributed by atoms with van der Waals surface area (Å²) in [5, 5.41) is 1.58. The number of carbonyl (C=O) groups is 1. The van der Waals surface area contributed by atoms with Gasteiger partial charge < -0.3 is 4.98 Å². The van der Waals surface area contributed by atoms with Gasteiger partial charge in [0.1, 0.15) is 0 Å². The Morgan fingerprint density at radius 1 is 1.11 bits per heavy atom. The highest BCUT2D eigenvalue weighted by Gasteiger charge is 2.13. The molecule has 1 N–H and O–H groups in total. The lowest BCUT2D eigenvalue weighted by Crippen LogP contribution is -1.99. The Labute approximate surface area is 116 Å². The second-order valence-corrected chi connectivity index (χ2v) is 5.02. The summed E-state index contributed by atoms with van der Waals surface area (Å²) in [6, 6.07) is 13.0. The Balaban J connectivity index is 2.09. The van der Waals surface area contributed by atoms with Crippen molar-refractivity contribution in [2.24, 2.45) is 0 Å². The van der Waals surface area contributed by atoms with Gasteiger partial charge in [0.15, 0.2) is 5.78 Å². The number of benzene rings is 2. The lowest BCUT2D eigenvalue weighted by atomic mass is 10.0. The molecule has 0 saturated carbocycles. The number of rotatable bonds is 2. The minimum absolute atomic E-state index is 0.00627. The zero-order valence-electron chi connectivity index (χ0n) is 10.4. The van der Waals surface area contributed by atoms with E-state index in [1.165, 1.54) is 5.56 Å². The normalized spacial score (nSPS) is 10.8. The quantitative estimate of drug-likeness (QED) is 0.689. The molecular weight excluding hydrogens is 258 g/mol. The van der Waals surface area contributed by atoms with E-state index in [1.54, 1.807) is 30.5 Å². The van der Waals surface area contributed by atoms with Crippen LogP contribution >= 0.6 is 11.6 Å². The van der Waals surface area contributed by atoms with Crippen molar-refractivity contribution in [3.63, 3.8) is 0 Å². The van der Waals surface area contributed by atoms with Crippen LogP contribution in [0.15, 0.2) is 48.7 Å². The van der Waals surface area contributed by atoms with Crippen molar-refractivity contribution in [3.05, 3.63) is 70.4 Å². The molecule has 0 unspecified atom stereocenters. The molecule has 3 aromatic rings. The minimum atomic E-state index is 0.00627. The number of aromatic nitrogens is 1. The Morgan fingerprint density at radius 3 is 2.58 bits per heavy atom. The van der Waals surface area contributed by atoms with E-state index < -0.39 is 0 Å². The van der Waals surface area contributed by atoms with Gasteiger partial charge in [-0.2, -0.15) is 0 Å². The number of H-pyrrole nitrogens is 1. The van der Waals surface area contributed by atoms with Crippen LogP contribution in [0.1, 0.15) is 21.5 Å². The van der Waals surface area contributed by atoms with E-state index in [0.717, 1.165) is 10.9 Å². The molecule has 3 rings (SSSR count). The maximum Gasteiger partial charge on any atom is 0.195 e. The van der Waals surface area contributed by atoms with Gasteiger partial charge in [-0.05, 0) is 42.8 Å². The van der Waals surface area contributed by atoms with Crippen LogP contribution in [0.5, 0.6) is 0 Å². The molecule has 0 atom stereocenters. The zero-order valence-corrected chi connectivity index (χ0v) is 11.2. The average Bonchev–Trinajstić information content (AvgIpc) is 2.81. The highest BCUT2D eigenvalue weighted by atomic mass is 35.5. The molecule has 3 heteroatoms. The highest BCUT2D eigenvalue weighted by Crippen LogP contribution is 2.22. The molecule has 1 aromatic heterocycles. The molecular formula is C16H12ClNO. The van der Waals surface area contributed by atoms with E-state index >= 15 is 0 Å². The maximum absolute atomic E-state index is 12.5. The molecule has 0 aliphatic heterocycles. The third kappa shape index (κ3) is 2.15. The summed E-state index contributed by atoms with van der Waals surface area (Å²) in [6.07, 6.45) is 1.76. The summed E-state index contributed by atoms with van der Waals surface area (Å²) in [6.45, 7) is 2.03. The fraction of sp³-hybridized carbons (Fsp3) is 0.0625. The van der Waals surface area contributed by atoms with Gasteiger partial charge in [0.25, 0.3) is 0 Å². The number of ketones is 1. The van der Waals surface area contributed by atoms with Gasteiger partial charge in [0, 0.05) is 33.2 Å². The molecule has 0 radical (unpaired) electrons. The number of aromatic amines is 1. The number of hydrogen-bond acceptors (Lipinski definition) is 1. The van der Waals surface area contributed by atoms with E-state index in [1.807, 2.05) is 25.1 Å². The van der Waals surface area contributed by atoms with Crippen molar-refractivity contribution >= 4 is 28.3 Å². The summed E-state index contributed by atoms with van der Waals surface area (Å²) in [5.74, 6) is 0.00627. The maximum atomic E-state index is 12.5. The van der Waals surface area contributed by atoms with Crippen LogP contribution in [0, 0.1) is 6.92 Å². The summed E-state index contributed by atoms with van der Waals surface area (Å²) in [7, 11) is 0. The molecule has 2 aromatic carbocycles. The van der Waals surface area contributed by atoms with Crippen LogP contribution in [0.25, 0.3) is 10.9 Å². The number of carbonyl (C=O) groups excluding carboxylic acids is 1. The van der Waals surface area contributed by atoms with Crippen molar-refractivity contribution in [1.82, 2.24) is 4.98 Å². The van der Waals surface area contributed by atoms with Gasteiger partial charge in [0.2, 0.25) is 0 Å². The minimum Gasteiger partial charge on any atom is -0.360 e. The number of fused-ring (bicyclic) bond motifs is 1. The fourth-order valence-electron chi connectivity index (χ4n) is 2.18.